The van der Waals surface area contributed by atoms with E-state index in [4.69, 9.17) is 20.0 Å². The predicted molar refractivity (Wildman–Crippen MR) is 48.8 cm³/mol. The Hall–Kier alpha value is 0.230. The van der Waals surface area contributed by atoms with Crippen LogP contribution < -0.4 is 0 Å². The summed E-state index contributed by atoms with van der Waals surface area (Å²) in [7, 11) is -2.41. The molecule has 0 aromatic carbocycles. The number of aliphatic hydroxyl groups is 2. The van der Waals surface area contributed by atoms with Crippen molar-refractivity contribution in [3.8, 4) is 0 Å². The second-order valence-corrected chi connectivity index (χ2v) is 3.86. The van der Waals surface area contributed by atoms with Gasteiger partial charge in [0.1, 0.15) is 0 Å². The lowest BCUT2D eigenvalue weighted by atomic mass is 9.86. The molecule has 0 aliphatic carbocycles. The van der Waals surface area contributed by atoms with Crippen LogP contribution in [0.2, 0.25) is 0 Å². The Morgan fingerprint density at radius 1 is 1.23 bits per heavy atom. The molecule has 0 saturated heterocycles. The molecule has 0 aromatic heterocycles. The van der Waals surface area contributed by atoms with E-state index in [-0.39, 0.29) is 19.8 Å². The Morgan fingerprint density at radius 2 is 1.77 bits per heavy atom. The van der Waals surface area contributed by atoms with Crippen molar-refractivity contribution >= 4 is 8.60 Å². The molecule has 0 fully saturated rings. The van der Waals surface area contributed by atoms with Gasteiger partial charge in [-0.2, -0.15) is 0 Å². The average molecular weight is 212 g/mol. The van der Waals surface area contributed by atoms with E-state index in [1.165, 1.54) is 0 Å². The molecular weight excluding hydrogens is 195 g/mol. The maximum Gasteiger partial charge on any atom is 0.327 e. The summed E-state index contributed by atoms with van der Waals surface area (Å²) < 4.78 is 4.60. The van der Waals surface area contributed by atoms with Gasteiger partial charge in [-0.25, -0.2) is 0 Å². The van der Waals surface area contributed by atoms with Crippen LogP contribution >= 0.6 is 8.60 Å². The molecule has 6 heteroatoms. The minimum absolute atomic E-state index is 0.0352. The molecule has 0 amide bonds. The highest BCUT2D eigenvalue weighted by Crippen LogP contribution is 2.31. The van der Waals surface area contributed by atoms with Crippen LogP contribution in [-0.4, -0.2) is 39.8 Å². The van der Waals surface area contributed by atoms with E-state index < -0.39 is 14.0 Å². The van der Waals surface area contributed by atoms with Gasteiger partial charge in [-0.1, -0.05) is 13.3 Å². The minimum atomic E-state index is -2.41. The standard InChI is InChI=1S/C7H17O5P/c1-2-3-7(4-8,5-9)6-12-13(10)11/h8-11H,2-6H2,1H3. The van der Waals surface area contributed by atoms with Crippen LogP contribution in [0.4, 0.5) is 0 Å². The zero-order valence-corrected chi connectivity index (χ0v) is 8.57. The topological polar surface area (TPSA) is 90.2 Å². The van der Waals surface area contributed by atoms with E-state index in [1.807, 2.05) is 6.92 Å². The Kier molecular flexibility index (Phi) is 6.77. The Bertz CT molecular complexity index is 126. The van der Waals surface area contributed by atoms with Crippen LogP contribution in [0.3, 0.4) is 0 Å². The molecule has 0 aliphatic rings. The van der Waals surface area contributed by atoms with Crippen molar-refractivity contribution in [2.75, 3.05) is 19.8 Å². The molecular formula is C7H17O5P. The van der Waals surface area contributed by atoms with Crippen molar-refractivity contribution in [3.05, 3.63) is 0 Å². The maximum atomic E-state index is 9.02. The summed E-state index contributed by atoms with van der Waals surface area (Å²) in [4.78, 5) is 17.0. The van der Waals surface area contributed by atoms with Crippen molar-refractivity contribution < 1.29 is 24.5 Å². The first kappa shape index (κ1) is 13.2. The van der Waals surface area contributed by atoms with Crippen LogP contribution in [0.1, 0.15) is 19.8 Å². The largest absolute Gasteiger partial charge is 0.396 e. The van der Waals surface area contributed by atoms with Crippen LogP contribution in [0.15, 0.2) is 0 Å². The van der Waals surface area contributed by atoms with Crippen molar-refractivity contribution in [2.24, 2.45) is 5.41 Å². The first-order chi connectivity index (χ1) is 6.10. The van der Waals surface area contributed by atoms with Crippen molar-refractivity contribution in [1.29, 1.82) is 0 Å². The third-order valence-electron chi connectivity index (χ3n) is 1.94. The predicted octanol–water partition coefficient (Wildman–Crippen LogP) is -0.0144. The van der Waals surface area contributed by atoms with E-state index in [1.54, 1.807) is 0 Å². The summed E-state index contributed by atoms with van der Waals surface area (Å²) in [5, 5.41) is 18.0. The molecule has 0 aliphatic heterocycles. The molecule has 0 radical (unpaired) electrons. The van der Waals surface area contributed by atoms with Gasteiger partial charge >= 0.3 is 8.60 Å². The van der Waals surface area contributed by atoms with E-state index in [0.717, 1.165) is 6.42 Å². The van der Waals surface area contributed by atoms with Gasteiger partial charge in [0.2, 0.25) is 0 Å². The molecule has 0 saturated carbocycles. The normalized spacial score (nSPS) is 12.5. The second kappa shape index (κ2) is 6.65. The average Bonchev–Trinajstić information content (AvgIpc) is 2.12. The fourth-order valence-electron chi connectivity index (χ4n) is 1.10. The molecule has 0 bridgehead atoms. The van der Waals surface area contributed by atoms with Crippen LogP contribution in [0.25, 0.3) is 0 Å². The van der Waals surface area contributed by atoms with Gasteiger partial charge in [0.15, 0.2) is 0 Å². The summed E-state index contributed by atoms with van der Waals surface area (Å²) in [5.41, 5.74) is -0.749. The van der Waals surface area contributed by atoms with Gasteiger partial charge in [0.25, 0.3) is 0 Å². The first-order valence-electron chi connectivity index (χ1n) is 4.13. The molecule has 0 unspecified atom stereocenters. The lowest BCUT2D eigenvalue weighted by molar-refractivity contribution is 0.00414. The van der Waals surface area contributed by atoms with Gasteiger partial charge in [-0.3, -0.25) is 0 Å². The van der Waals surface area contributed by atoms with Gasteiger partial charge in [-0.05, 0) is 6.42 Å². The van der Waals surface area contributed by atoms with Crippen molar-refractivity contribution in [1.82, 2.24) is 0 Å². The lowest BCUT2D eigenvalue weighted by Gasteiger charge is -2.28. The summed E-state index contributed by atoms with van der Waals surface area (Å²) in [5.74, 6) is 0. The summed E-state index contributed by atoms with van der Waals surface area (Å²) >= 11 is 0. The maximum absolute atomic E-state index is 9.02. The fraction of sp³-hybridized carbons (Fsp3) is 1.00. The van der Waals surface area contributed by atoms with Gasteiger partial charge in [-0.15, -0.1) is 0 Å². The third kappa shape index (κ3) is 4.86. The van der Waals surface area contributed by atoms with E-state index >= 15 is 0 Å². The molecule has 0 rings (SSSR count). The van der Waals surface area contributed by atoms with E-state index in [9.17, 15) is 0 Å². The van der Waals surface area contributed by atoms with Gasteiger partial charge in [0, 0.05) is 5.41 Å². The highest BCUT2D eigenvalue weighted by atomic mass is 31.2. The van der Waals surface area contributed by atoms with Crippen molar-refractivity contribution in [3.63, 3.8) is 0 Å². The fourth-order valence-corrected chi connectivity index (χ4v) is 1.49. The highest BCUT2D eigenvalue weighted by Gasteiger charge is 2.29. The number of aliphatic hydroxyl groups excluding tert-OH is 2. The smallest absolute Gasteiger partial charge is 0.327 e. The van der Waals surface area contributed by atoms with Crippen molar-refractivity contribution in [2.45, 2.75) is 19.8 Å². The zero-order valence-electron chi connectivity index (χ0n) is 7.68. The van der Waals surface area contributed by atoms with E-state index in [2.05, 4.69) is 4.52 Å². The molecule has 13 heavy (non-hydrogen) atoms. The Morgan fingerprint density at radius 3 is 2.08 bits per heavy atom. The summed E-state index contributed by atoms with van der Waals surface area (Å²) in [6, 6.07) is 0. The van der Waals surface area contributed by atoms with Crippen LogP contribution in [-0.2, 0) is 4.52 Å². The molecule has 0 spiro atoms. The number of hydrogen-bond acceptors (Lipinski definition) is 5. The summed E-state index contributed by atoms with van der Waals surface area (Å²) in [6.07, 6.45) is 1.38. The molecule has 4 N–H and O–H groups in total. The minimum Gasteiger partial charge on any atom is -0.396 e. The van der Waals surface area contributed by atoms with Crippen LogP contribution in [0, 0.1) is 5.41 Å². The molecule has 0 heterocycles. The monoisotopic (exact) mass is 212 g/mol. The van der Waals surface area contributed by atoms with E-state index in [0.29, 0.717) is 6.42 Å². The lowest BCUT2D eigenvalue weighted by Crippen LogP contribution is -2.34. The number of rotatable bonds is 7. The third-order valence-corrected chi connectivity index (χ3v) is 2.30. The van der Waals surface area contributed by atoms with Gasteiger partial charge in [0.05, 0.1) is 19.8 Å². The molecule has 5 nitrogen and oxygen atoms in total. The molecule has 0 aromatic rings. The zero-order chi connectivity index (χ0) is 10.3. The van der Waals surface area contributed by atoms with Gasteiger partial charge < -0.3 is 24.5 Å². The first-order valence-corrected chi connectivity index (χ1v) is 5.29. The van der Waals surface area contributed by atoms with Crippen LogP contribution in [0.5, 0.6) is 0 Å². The Labute approximate surface area is 79.0 Å². The second-order valence-electron chi connectivity index (χ2n) is 3.09. The highest BCUT2D eigenvalue weighted by molar-refractivity contribution is 7.39. The molecule has 0 atom stereocenters. The summed E-state index contributed by atoms with van der Waals surface area (Å²) in [6.45, 7) is 1.44. The molecule has 80 valence electrons. The number of hydrogen-bond donors (Lipinski definition) is 4. The SMILES string of the molecule is CCCC(CO)(CO)COP(O)O. The Balaban J connectivity index is 4.04. The quantitative estimate of drug-likeness (QED) is 0.445.